The van der Waals surface area contributed by atoms with Crippen LogP contribution in [0, 0.1) is 0 Å². The van der Waals surface area contributed by atoms with Crippen LogP contribution in [-0.4, -0.2) is 31.2 Å². The topological polar surface area (TPSA) is 6.48 Å². The largest absolute Gasteiger partial charge is 0.357 e. The predicted octanol–water partition coefficient (Wildman–Crippen LogP) is 4.13. The van der Waals surface area contributed by atoms with Crippen LogP contribution in [0.3, 0.4) is 0 Å². The Kier molecular flexibility index (Phi) is 5.71. The van der Waals surface area contributed by atoms with Crippen molar-refractivity contribution in [3.05, 3.63) is 30.3 Å². The number of unbranched alkanes of at least 4 members (excludes halogenated alkanes) is 4. The number of benzene rings is 1. The maximum absolute atomic E-state index is 2.51. The van der Waals surface area contributed by atoms with E-state index in [0.717, 1.165) is 12.7 Å². The first-order valence-electron chi connectivity index (χ1n) is 7.81. The van der Waals surface area contributed by atoms with Crippen molar-refractivity contribution in [2.75, 3.05) is 25.2 Å². The highest BCUT2D eigenvalue weighted by molar-refractivity contribution is 5.46. The van der Waals surface area contributed by atoms with Crippen molar-refractivity contribution in [1.82, 2.24) is 4.90 Å². The molecule has 1 fully saturated rings. The first kappa shape index (κ1) is 14.4. The second-order valence-electron chi connectivity index (χ2n) is 5.81. The summed E-state index contributed by atoms with van der Waals surface area (Å²) < 4.78 is 0. The minimum absolute atomic E-state index is 0.738. The Morgan fingerprint density at radius 1 is 1.05 bits per heavy atom. The van der Waals surface area contributed by atoms with Crippen LogP contribution in [0.2, 0.25) is 0 Å². The molecule has 2 rings (SSSR count). The molecule has 0 aromatic heterocycles. The number of rotatable bonds is 7. The molecular weight excluding hydrogens is 232 g/mol. The molecule has 0 N–H and O–H groups in total. The normalized spacial score (nSPS) is 20.1. The number of likely N-dealkylation sites (N-methyl/N-ethyl adjacent to an activating group) is 1. The zero-order chi connectivity index (χ0) is 13.5. The van der Waals surface area contributed by atoms with Gasteiger partial charge in [0, 0.05) is 18.3 Å². The second kappa shape index (κ2) is 7.54. The van der Waals surface area contributed by atoms with Crippen LogP contribution >= 0.6 is 0 Å². The van der Waals surface area contributed by atoms with Gasteiger partial charge in [-0.25, -0.2) is 0 Å². The van der Waals surface area contributed by atoms with E-state index in [2.05, 4.69) is 54.1 Å². The molecular formula is C17H28N2. The van der Waals surface area contributed by atoms with Gasteiger partial charge >= 0.3 is 0 Å². The van der Waals surface area contributed by atoms with Crippen LogP contribution < -0.4 is 4.90 Å². The van der Waals surface area contributed by atoms with Crippen molar-refractivity contribution in [2.45, 2.75) is 51.5 Å². The van der Waals surface area contributed by atoms with E-state index in [4.69, 9.17) is 0 Å². The third kappa shape index (κ3) is 4.24. The Hall–Kier alpha value is -1.02. The highest BCUT2D eigenvalue weighted by atomic mass is 15.4. The molecule has 1 saturated heterocycles. The van der Waals surface area contributed by atoms with Gasteiger partial charge in [-0.05, 0) is 25.6 Å². The van der Waals surface area contributed by atoms with E-state index in [-0.39, 0.29) is 0 Å². The Morgan fingerprint density at radius 2 is 1.79 bits per heavy atom. The van der Waals surface area contributed by atoms with Crippen molar-refractivity contribution >= 4 is 5.69 Å². The maximum Gasteiger partial charge on any atom is 0.0708 e. The molecule has 0 aliphatic carbocycles. The summed E-state index contributed by atoms with van der Waals surface area (Å²) in [7, 11) is 2.26. The zero-order valence-electron chi connectivity index (χ0n) is 12.5. The van der Waals surface area contributed by atoms with Gasteiger partial charge in [0.1, 0.15) is 0 Å². The molecule has 0 radical (unpaired) electrons. The average molecular weight is 260 g/mol. The first-order chi connectivity index (χ1) is 9.31. The number of hydrogen-bond donors (Lipinski definition) is 0. The van der Waals surface area contributed by atoms with Crippen molar-refractivity contribution < 1.29 is 0 Å². The Labute approximate surface area is 118 Å². The lowest BCUT2D eigenvalue weighted by Crippen LogP contribution is -2.26. The summed E-state index contributed by atoms with van der Waals surface area (Å²) >= 11 is 0. The van der Waals surface area contributed by atoms with Gasteiger partial charge in [-0.2, -0.15) is 0 Å². The molecule has 1 unspecified atom stereocenters. The van der Waals surface area contributed by atoms with Crippen molar-refractivity contribution in [1.29, 1.82) is 0 Å². The molecule has 2 heteroatoms. The minimum Gasteiger partial charge on any atom is -0.357 e. The van der Waals surface area contributed by atoms with Crippen LogP contribution in [0.5, 0.6) is 0 Å². The summed E-state index contributed by atoms with van der Waals surface area (Å²) in [6.07, 6.45) is 8.29. The standard InChI is InChI=1S/C17H28N2/c1-3-4-5-6-8-13-17-14-19(15-18(17)2)16-11-9-7-10-12-16/h7,9-12,17H,3-6,8,13-15H2,1-2H3. The van der Waals surface area contributed by atoms with Gasteiger partial charge in [0.2, 0.25) is 0 Å². The van der Waals surface area contributed by atoms with Crippen LogP contribution in [0.1, 0.15) is 45.4 Å². The van der Waals surface area contributed by atoms with Gasteiger partial charge in [0.15, 0.2) is 0 Å². The lowest BCUT2D eigenvalue weighted by Gasteiger charge is -2.17. The highest BCUT2D eigenvalue weighted by Gasteiger charge is 2.26. The molecule has 0 spiro atoms. The minimum atomic E-state index is 0.738. The second-order valence-corrected chi connectivity index (χ2v) is 5.81. The van der Waals surface area contributed by atoms with Gasteiger partial charge in [-0.1, -0.05) is 57.2 Å². The summed E-state index contributed by atoms with van der Waals surface area (Å²) in [6, 6.07) is 11.5. The van der Waals surface area contributed by atoms with Crippen LogP contribution in [0.4, 0.5) is 5.69 Å². The molecule has 1 atom stereocenters. The van der Waals surface area contributed by atoms with Gasteiger partial charge in [0.05, 0.1) is 6.67 Å². The monoisotopic (exact) mass is 260 g/mol. The van der Waals surface area contributed by atoms with E-state index in [0.29, 0.717) is 0 Å². The highest BCUT2D eigenvalue weighted by Crippen LogP contribution is 2.23. The van der Waals surface area contributed by atoms with E-state index < -0.39 is 0 Å². The Balaban J connectivity index is 1.75. The summed E-state index contributed by atoms with van der Waals surface area (Å²) in [5, 5.41) is 0. The predicted molar refractivity (Wildman–Crippen MR) is 83.6 cm³/mol. The maximum atomic E-state index is 2.51. The molecule has 1 heterocycles. The third-order valence-corrected chi connectivity index (χ3v) is 4.21. The summed E-state index contributed by atoms with van der Waals surface area (Å²) in [5.41, 5.74) is 1.36. The molecule has 0 saturated carbocycles. The first-order valence-corrected chi connectivity index (χ1v) is 7.81. The molecule has 2 nitrogen and oxygen atoms in total. The molecule has 1 aromatic carbocycles. The van der Waals surface area contributed by atoms with Crippen LogP contribution in [0.25, 0.3) is 0 Å². The molecule has 1 aliphatic rings. The lowest BCUT2D eigenvalue weighted by molar-refractivity contribution is 0.297. The fraction of sp³-hybridized carbons (Fsp3) is 0.647. The molecule has 1 aromatic rings. The van der Waals surface area contributed by atoms with Gasteiger partial charge < -0.3 is 4.90 Å². The van der Waals surface area contributed by atoms with E-state index in [1.807, 2.05) is 0 Å². The Bertz CT molecular complexity index is 350. The molecule has 1 aliphatic heterocycles. The zero-order valence-corrected chi connectivity index (χ0v) is 12.5. The van der Waals surface area contributed by atoms with Crippen molar-refractivity contribution in [3.8, 4) is 0 Å². The average Bonchev–Trinajstić information content (AvgIpc) is 2.81. The smallest absolute Gasteiger partial charge is 0.0708 e. The van der Waals surface area contributed by atoms with Crippen molar-refractivity contribution in [2.24, 2.45) is 0 Å². The van der Waals surface area contributed by atoms with Gasteiger partial charge in [-0.15, -0.1) is 0 Å². The van der Waals surface area contributed by atoms with Crippen molar-refractivity contribution in [3.63, 3.8) is 0 Å². The number of anilines is 1. The lowest BCUT2D eigenvalue weighted by atomic mass is 10.1. The number of nitrogens with zero attached hydrogens (tertiary/aromatic N) is 2. The van der Waals surface area contributed by atoms with E-state index in [1.165, 1.54) is 50.8 Å². The van der Waals surface area contributed by atoms with E-state index in [1.54, 1.807) is 0 Å². The molecule has 0 bridgehead atoms. The van der Waals surface area contributed by atoms with Crippen LogP contribution in [0.15, 0.2) is 30.3 Å². The Morgan fingerprint density at radius 3 is 2.53 bits per heavy atom. The van der Waals surface area contributed by atoms with Crippen LogP contribution in [-0.2, 0) is 0 Å². The quantitative estimate of drug-likeness (QED) is 0.680. The van der Waals surface area contributed by atoms with E-state index >= 15 is 0 Å². The summed E-state index contributed by atoms with van der Waals surface area (Å²) in [5.74, 6) is 0. The number of para-hydroxylation sites is 1. The summed E-state index contributed by atoms with van der Waals surface area (Å²) in [6.45, 7) is 4.54. The SMILES string of the molecule is CCCCCCCC1CN(c2ccccc2)CN1C. The van der Waals surface area contributed by atoms with Gasteiger partial charge in [-0.3, -0.25) is 4.90 Å². The van der Waals surface area contributed by atoms with E-state index in [9.17, 15) is 0 Å². The molecule has 106 valence electrons. The van der Waals surface area contributed by atoms with Gasteiger partial charge in [0.25, 0.3) is 0 Å². The third-order valence-electron chi connectivity index (χ3n) is 4.21. The fourth-order valence-electron chi connectivity index (χ4n) is 2.96. The summed E-state index contributed by atoms with van der Waals surface area (Å²) in [4.78, 5) is 5.00. The number of hydrogen-bond acceptors (Lipinski definition) is 2. The fourth-order valence-corrected chi connectivity index (χ4v) is 2.96. The molecule has 19 heavy (non-hydrogen) atoms. The molecule has 0 amide bonds.